The lowest BCUT2D eigenvalue weighted by Gasteiger charge is -2.27. The third-order valence-electron chi connectivity index (χ3n) is 12.8. The largest absolute Gasteiger partial charge is 0.455 e. The van der Waals surface area contributed by atoms with E-state index < -0.39 is 0 Å². The highest BCUT2D eigenvalue weighted by molar-refractivity contribution is 6.23. The number of furan rings is 1. The molecule has 0 atom stereocenters. The van der Waals surface area contributed by atoms with E-state index in [4.69, 9.17) is 4.42 Å². The fourth-order valence-corrected chi connectivity index (χ4v) is 10.1. The summed E-state index contributed by atoms with van der Waals surface area (Å²) in [4.78, 5) is 2.41. The Morgan fingerprint density at radius 2 is 1.02 bits per heavy atom. The molecule has 0 fully saturated rings. The number of rotatable bonds is 5. The number of nitrogens with zero attached hydrogens (tertiary/aromatic N) is 1. The Bertz CT molecular complexity index is 3400. The van der Waals surface area contributed by atoms with Gasteiger partial charge in [0.15, 0.2) is 0 Å². The van der Waals surface area contributed by atoms with Crippen molar-refractivity contribution in [1.29, 1.82) is 0 Å². The zero-order valence-electron chi connectivity index (χ0n) is 32.9. The minimum atomic E-state index is -0.227. The maximum Gasteiger partial charge on any atom is 0.143 e. The second kappa shape index (κ2) is 12.8. The predicted octanol–water partition coefficient (Wildman–Crippen LogP) is 16.2. The molecule has 0 spiro atoms. The van der Waals surface area contributed by atoms with E-state index >= 15 is 0 Å². The van der Waals surface area contributed by atoms with Gasteiger partial charge in [-0.25, -0.2) is 0 Å². The van der Waals surface area contributed by atoms with E-state index in [1.54, 1.807) is 0 Å². The molecule has 11 aromatic rings. The number of fused-ring (bicyclic) bond motifs is 10. The molecule has 59 heavy (non-hydrogen) atoms. The van der Waals surface area contributed by atoms with Crippen LogP contribution in [0.3, 0.4) is 0 Å². The SMILES string of the molecule is CC1(C)c2cccc(-c3ccccc3)c2-c2cccc(-c3cc4c(oc5cccc(N(c6ccc7ccccc7c6)c6ccc7ccccc7c6)c54)c4ccccc34)c21. The second-order valence-electron chi connectivity index (χ2n) is 16.4. The van der Waals surface area contributed by atoms with Crippen molar-refractivity contribution in [2.45, 2.75) is 19.3 Å². The van der Waals surface area contributed by atoms with Crippen molar-refractivity contribution in [2.24, 2.45) is 0 Å². The fraction of sp³-hybridized carbons (Fsp3) is 0.0526. The molecule has 0 unspecified atom stereocenters. The molecule has 278 valence electrons. The molecular weight excluding hydrogens is 715 g/mol. The van der Waals surface area contributed by atoms with Gasteiger partial charge in [-0.05, 0) is 114 Å². The van der Waals surface area contributed by atoms with Crippen molar-refractivity contribution < 1.29 is 4.42 Å². The lowest BCUT2D eigenvalue weighted by atomic mass is 9.78. The molecule has 0 N–H and O–H groups in total. The molecule has 1 aliphatic carbocycles. The van der Waals surface area contributed by atoms with E-state index in [0.29, 0.717) is 0 Å². The summed E-state index contributed by atoms with van der Waals surface area (Å²) in [5.74, 6) is 0. The van der Waals surface area contributed by atoms with E-state index in [9.17, 15) is 0 Å². The van der Waals surface area contributed by atoms with Gasteiger partial charge in [0.25, 0.3) is 0 Å². The Hall–Kier alpha value is -7.42. The summed E-state index contributed by atoms with van der Waals surface area (Å²) in [6.45, 7) is 4.79. The zero-order chi connectivity index (χ0) is 39.2. The normalized spacial score (nSPS) is 13.1. The van der Waals surface area contributed by atoms with Gasteiger partial charge in [0, 0.05) is 27.6 Å². The van der Waals surface area contributed by atoms with Gasteiger partial charge in [-0.3, -0.25) is 0 Å². The summed E-state index contributed by atoms with van der Waals surface area (Å²) < 4.78 is 6.98. The quantitative estimate of drug-likeness (QED) is 0.174. The van der Waals surface area contributed by atoms with Crippen LogP contribution in [0.25, 0.3) is 87.6 Å². The van der Waals surface area contributed by atoms with E-state index in [1.165, 1.54) is 71.4 Å². The fourth-order valence-electron chi connectivity index (χ4n) is 10.1. The molecule has 2 nitrogen and oxygen atoms in total. The molecule has 0 aliphatic heterocycles. The monoisotopic (exact) mass is 753 g/mol. The van der Waals surface area contributed by atoms with Gasteiger partial charge in [0.2, 0.25) is 0 Å². The Balaban J connectivity index is 1.14. The molecule has 0 saturated carbocycles. The van der Waals surface area contributed by atoms with Crippen LogP contribution >= 0.6 is 0 Å². The first-order chi connectivity index (χ1) is 29.0. The van der Waals surface area contributed by atoms with E-state index in [-0.39, 0.29) is 5.41 Å². The van der Waals surface area contributed by atoms with Crippen molar-refractivity contribution in [2.75, 3.05) is 4.90 Å². The maximum atomic E-state index is 6.98. The third kappa shape index (κ3) is 5.06. The summed E-state index contributed by atoms with van der Waals surface area (Å²) in [6.07, 6.45) is 0. The smallest absolute Gasteiger partial charge is 0.143 e. The van der Waals surface area contributed by atoms with Crippen LogP contribution in [0.5, 0.6) is 0 Å². The van der Waals surface area contributed by atoms with Crippen molar-refractivity contribution in [3.8, 4) is 33.4 Å². The van der Waals surface area contributed by atoms with Gasteiger partial charge in [0.1, 0.15) is 11.2 Å². The van der Waals surface area contributed by atoms with Crippen LogP contribution in [-0.2, 0) is 5.41 Å². The average molecular weight is 754 g/mol. The Kier molecular flexibility index (Phi) is 7.31. The highest BCUT2D eigenvalue weighted by Gasteiger charge is 2.39. The summed E-state index contributed by atoms with van der Waals surface area (Å²) in [5, 5.41) is 9.33. The highest BCUT2D eigenvalue weighted by atomic mass is 16.3. The molecule has 2 heteroatoms. The first-order valence-electron chi connectivity index (χ1n) is 20.5. The average Bonchev–Trinajstić information content (AvgIpc) is 3.79. The Labute approximate surface area is 343 Å². The molecule has 0 bridgehead atoms. The van der Waals surface area contributed by atoms with Crippen LogP contribution in [-0.4, -0.2) is 0 Å². The first-order valence-corrected chi connectivity index (χ1v) is 20.5. The van der Waals surface area contributed by atoms with Crippen LogP contribution < -0.4 is 4.90 Å². The van der Waals surface area contributed by atoms with Gasteiger partial charge in [-0.1, -0.05) is 172 Å². The molecule has 1 aliphatic rings. The lowest BCUT2D eigenvalue weighted by Crippen LogP contribution is -2.16. The molecule has 0 radical (unpaired) electrons. The molecule has 1 aromatic heterocycles. The summed E-state index contributed by atoms with van der Waals surface area (Å²) in [6, 6.07) is 73.1. The van der Waals surface area contributed by atoms with Crippen LogP contribution in [0.1, 0.15) is 25.0 Å². The molecule has 1 heterocycles. The molecular formula is C57H39NO. The molecule has 0 amide bonds. The minimum absolute atomic E-state index is 0.227. The predicted molar refractivity (Wildman–Crippen MR) is 249 cm³/mol. The van der Waals surface area contributed by atoms with Gasteiger partial charge in [-0.15, -0.1) is 0 Å². The number of hydrogen-bond acceptors (Lipinski definition) is 2. The molecule has 10 aromatic carbocycles. The van der Waals surface area contributed by atoms with Gasteiger partial charge in [-0.2, -0.15) is 0 Å². The number of benzene rings is 10. The Morgan fingerprint density at radius 3 is 1.75 bits per heavy atom. The summed E-state index contributed by atoms with van der Waals surface area (Å²) in [5.41, 5.74) is 15.2. The minimum Gasteiger partial charge on any atom is -0.455 e. The standard InChI is InChI=1S/C57H39NO/c1-57(2)50-26-13-23-43(38-17-4-3-5-18-38)53(50)47-25-12-24-45(55(47)57)48-35-49-54-51(27-14-28-52(54)59-56(49)46-22-11-10-21-44(46)48)58(41-31-29-36-15-6-8-19-39(36)33-41)42-32-30-37-16-7-9-20-40(37)34-42/h3-35H,1-2H3. The lowest BCUT2D eigenvalue weighted by molar-refractivity contribution is 0.662. The van der Waals surface area contributed by atoms with Gasteiger partial charge in [0.05, 0.1) is 11.1 Å². The first kappa shape index (κ1) is 33.7. The van der Waals surface area contributed by atoms with E-state index in [0.717, 1.165) is 44.4 Å². The van der Waals surface area contributed by atoms with Crippen molar-refractivity contribution in [1.82, 2.24) is 0 Å². The van der Waals surface area contributed by atoms with Crippen LogP contribution in [0.4, 0.5) is 17.1 Å². The van der Waals surface area contributed by atoms with E-state index in [1.807, 2.05) is 0 Å². The van der Waals surface area contributed by atoms with Crippen molar-refractivity contribution >= 4 is 71.3 Å². The Morgan fingerprint density at radius 1 is 0.424 bits per heavy atom. The third-order valence-corrected chi connectivity index (χ3v) is 12.8. The van der Waals surface area contributed by atoms with E-state index in [2.05, 4.69) is 219 Å². The van der Waals surface area contributed by atoms with Crippen molar-refractivity contribution in [3.63, 3.8) is 0 Å². The summed E-state index contributed by atoms with van der Waals surface area (Å²) in [7, 11) is 0. The second-order valence-corrected chi connectivity index (χ2v) is 16.4. The molecule has 12 rings (SSSR count). The van der Waals surface area contributed by atoms with Gasteiger partial charge >= 0.3 is 0 Å². The van der Waals surface area contributed by atoms with Gasteiger partial charge < -0.3 is 9.32 Å². The van der Waals surface area contributed by atoms with Crippen molar-refractivity contribution in [3.05, 3.63) is 211 Å². The molecule has 0 saturated heterocycles. The highest BCUT2D eigenvalue weighted by Crippen LogP contribution is 2.56. The van der Waals surface area contributed by atoms with Crippen LogP contribution in [0.2, 0.25) is 0 Å². The van der Waals surface area contributed by atoms with Crippen LogP contribution in [0, 0.1) is 0 Å². The number of anilines is 3. The zero-order valence-corrected chi connectivity index (χ0v) is 32.9. The topological polar surface area (TPSA) is 16.4 Å². The summed E-state index contributed by atoms with van der Waals surface area (Å²) >= 11 is 0. The maximum absolute atomic E-state index is 6.98. The number of hydrogen-bond donors (Lipinski definition) is 0. The van der Waals surface area contributed by atoms with Crippen LogP contribution in [0.15, 0.2) is 205 Å².